The molecule has 0 aliphatic carbocycles. The molecule has 2 aromatic heterocycles. The molecule has 0 amide bonds. The molecule has 3 aromatic rings. The Hall–Kier alpha value is -2.41. The summed E-state index contributed by atoms with van der Waals surface area (Å²) in [6, 6.07) is 11.9. The van der Waals surface area contributed by atoms with Crippen LogP contribution in [0, 0.1) is 0 Å². The zero-order chi connectivity index (χ0) is 14.7. The number of rotatable bonds is 4. The molecule has 4 N–H and O–H groups in total. The second-order valence-corrected chi connectivity index (χ2v) is 5.37. The van der Waals surface area contributed by atoms with Crippen LogP contribution in [-0.2, 0) is 6.54 Å². The van der Waals surface area contributed by atoms with Crippen LogP contribution in [0.5, 0.6) is 0 Å². The Morgan fingerprint density at radius 2 is 2.00 bits per heavy atom. The topological polar surface area (TPSA) is 92.5 Å². The van der Waals surface area contributed by atoms with E-state index in [1.165, 1.54) is 5.56 Å². The van der Waals surface area contributed by atoms with Gasteiger partial charge in [-0.15, -0.1) is 5.10 Å². The summed E-state index contributed by atoms with van der Waals surface area (Å²) in [5.74, 6) is 1.62. The van der Waals surface area contributed by atoms with Gasteiger partial charge in [-0.3, -0.25) is 5.10 Å². The van der Waals surface area contributed by atoms with Gasteiger partial charge in [0.05, 0.1) is 0 Å². The zero-order valence-corrected chi connectivity index (χ0v) is 12.6. The molecule has 1 aromatic carbocycles. The molecule has 0 unspecified atom stereocenters. The number of H-pyrrole nitrogens is 1. The maximum absolute atomic E-state index is 5.51. The van der Waals surface area contributed by atoms with Crippen molar-refractivity contribution in [2.75, 3.05) is 11.1 Å². The molecule has 0 radical (unpaired) electrons. The molecule has 0 bridgehead atoms. The molecular formula is C14H13BrN6. The third-order valence-corrected chi connectivity index (χ3v) is 3.45. The fourth-order valence-corrected chi connectivity index (χ4v) is 2.14. The third-order valence-electron chi connectivity index (χ3n) is 2.92. The maximum atomic E-state index is 5.51. The first kappa shape index (κ1) is 13.6. The zero-order valence-electron chi connectivity index (χ0n) is 11.0. The van der Waals surface area contributed by atoms with Crippen LogP contribution >= 0.6 is 15.9 Å². The molecular weight excluding hydrogens is 332 g/mol. The smallest absolute Gasteiger partial charge is 0.239 e. The summed E-state index contributed by atoms with van der Waals surface area (Å²) < 4.78 is 1.06. The van der Waals surface area contributed by atoms with Crippen molar-refractivity contribution in [1.29, 1.82) is 0 Å². The number of nitrogens with two attached hydrogens (primary N) is 1. The van der Waals surface area contributed by atoms with E-state index in [0.717, 1.165) is 15.9 Å². The van der Waals surface area contributed by atoms with Crippen LogP contribution in [0.15, 0.2) is 47.1 Å². The molecule has 3 rings (SSSR count). The summed E-state index contributed by atoms with van der Waals surface area (Å²) in [5, 5.41) is 9.88. The van der Waals surface area contributed by atoms with Gasteiger partial charge in [-0.25, -0.2) is 4.98 Å². The summed E-state index contributed by atoms with van der Waals surface area (Å²) in [5.41, 5.74) is 7.57. The van der Waals surface area contributed by atoms with Crippen LogP contribution in [0.25, 0.3) is 11.4 Å². The Balaban J connectivity index is 1.73. The van der Waals surface area contributed by atoms with Crippen LogP contribution in [-0.4, -0.2) is 20.2 Å². The van der Waals surface area contributed by atoms with Gasteiger partial charge in [-0.2, -0.15) is 4.98 Å². The average molecular weight is 345 g/mol. The van der Waals surface area contributed by atoms with Crippen molar-refractivity contribution in [3.63, 3.8) is 0 Å². The molecule has 0 saturated carbocycles. The summed E-state index contributed by atoms with van der Waals surface area (Å²) in [4.78, 5) is 8.39. The lowest BCUT2D eigenvalue weighted by atomic mass is 10.2. The van der Waals surface area contributed by atoms with Crippen LogP contribution in [0.3, 0.4) is 0 Å². The van der Waals surface area contributed by atoms with Crippen molar-refractivity contribution < 1.29 is 0 Å². The summed E-state index contributed by atoms with van der Waals surface area (Å²) in [6.45, 7) is 0.697. The Morgan fingerprint density at radius 3 is 2.71 bits per heavy atom. The van der Waals surface area contributed by atoms with E-state index in [-0.39, 0.29) is 5.95 Å². The van der Waals surface area contributed by atoms with Gasteiger partial charge in [0.1, 0.15) is 5.82 Å². The van der Waals surface area contributed by atoms with Gasteiger partial charge in [0.25, 0.3) is 0 Å². The number of hydrogen-bond donors (Lipinski definition) is 3. The molecule has 0 spiro atoms. The van der Waals surface area contributed by atoms with Crippen molar-refractivity contribution in [1.82, 2.24) is 20.2 Å². The summed E-state index contributed by atoms with van der Waals surface area (Å²) in [6.07, 6.45) is 1.72. The number of anilines is 2. The highest BCUT2D eigenvalue weighted by molar-refractivity contribution is 9.10. The van der Waals surface area contributed by atoms with Gasteiger partial charge >= 0.3 is 0 Å². The molecule has 0 fully saturated rings. The quantitative estimate of drug-likeness (QED) is 0.676. The van der Waals surface area contributed by atoms with E-state index in [1.54, 1.807) is 6.20 Å². The second kappa shape index (κ2) is 5.92. The molecule has 0 saturated heterocycles. The highest BCUT2D eigenvalue weighted by Crippen LogP contribution is 2.18. The van der Waals surface area contributed by atoms with E-state index < -0.39 is 0 Å². The number of nitrogens with zero attached hydrogens (tertiary/aromatic N) is 3. The van der Waals surface area contributed by atoms with E-state index in [2.05, 4.69) is 53.5 Å². The van der Waals surface area contributed by atoms with Crippen LogP contribution < -0.4 is 11.1 Å². The van der Waals surface area contributed by atoms with E-state index in [9.17, 15) is 0 Å². The number of nitrogen functional groups attached to an aromatic ring is 1. The largest absolute Gasteiger partial charge is 0.366 e. The first-order valence-electron chi connectivity index (χ1n) is 6.33. The Bertz CT molecular complexity index is 737. The van der Waals surface area contributed by atoms with Gasteiger partial charge in [0, 0.05) is 22.8 Å². The Labute approximate surface area is 130 Å². The molecule has 2 heterocycles. The predicted octanol–water partition coefficient (Wildman–Crippen LogP) is 2.82. The number of hydrogen-bond acceptors (Lipinski definition) is 5. The molecule has 6 nitrogen and oxygen atoms in total. The number of nitrogens with one attached hydrogen (secondary N) is 2. The number of aromatic amines is 1. The average Bonchev–Trinajstić information content (AvgIpc) is 2.94. The molecule has 106 valence electrons. The van der Waals surface area contributed by atoms with Crippen molar-refractivity contribution in [3.8, 4) is 11.4 Å². The predicted molar refractivity (Wildman–Crippen MR) is 85.5 cm³/mol. The van der Waals surface area contributed by atoms with Crippen molar-refractivity contribution in [2.45, 2.75) is 6.54 Å². The summed E-state index contributed by atoms with van der Waals surface area (Å²) in [7, 11) is 0. The monoisotopic (exact) mass is 344 g/mol. The second-order valence-electron chi connectivity index (χ2n) is 4.45. The Kier molecular flexibility index (Phi) is 3.83. The third kappa shape index (κ3) is 3.38. The lowest BCUT2D eigenvalue weighted by molar-refractivity contribution is 1.09. The van der Waals surface area contributed by atoms with E-state index in [4.69, 9.17) is 5.73 Å². The Morgan fingerprint density at radius 1 is 1.19 bits per heavy atom. The minimum atomic E-state index is 0.228. The molecule has 0 aliphatic rings. The van der Waals surface area contributed by atoms with E-state index >= 15 is 0 Å². The fraction of sp³-hybridized carbons (Fsp3) is 0.0714. The maximum Gasteiger partial charge on any atom is 0.239 e. The first-order valence-corrected chi connectivity index (χ1v) is 7.12. The normalized spacial score (nSPS) is 10.5. The van der Waals surface area contributed by atoms with Gasteiger partial charge in [0.2, 0.25) is 5.95 Å². The first-order chi connectivity index (χ1) is 10.2. The van der Waals surface area contributed by atoms with Crippen molar-refractivity contribution >= 4 is 27.7 Å². The molecule has 21 heavy (non-hydrogen) atoms. The summed E-state index contributed by atoms with van der Waals surface area (Å²) >= 11 is 3.42. The van der Waals surface area contributed by atoms with Crippen LogP contribution in [0.2, 0.25) is 0 Å². The van der Waals surface area contributed by atoms with Gasteiger partial charge in [-0.05, 0) is 29.8 Å². The van der Waals surface area contributed by atoms with Gasteiger partial charge < -0.3 is 11.1 Å². The van der Waals surface area contributed by atoms with Crippen LogP contribution in [0.1, 0.15) is 5.56 Å². The number of halogens is 1. The van der Waals surface area contributed by atoms with E-state index in [0.29, 0.717) is 12.4 Å². The molecule has 7 heteroatoms. The highest BCUT2D eigenvalue weighted by Gasteiger charge is 2.05. The molecule has 0 aliphatic heterocycles. The number of pyridine rings is 1. The van der Waals surface area contributed by atoms with Gasteiger partial charge in [0.15, 0.2) is 5.82 Å². The van der Waals surface area contributed by atoms with Crippen molar-refractivity contribution in [3.05, 3.63) is 52.6 Å². The minimum absolute atomic E-state index is 0.228. The van der Waals surface area contributed by atoms with E-state index in [1.807, 2.05) is 24.3 Å². The van der Waals surface area contributed by atoms with Crippen LogP contribution in [0.4, 0.5) is 11.8 Å². The lowest BCUT2D eigenvalue weighted by Crippen LogP contribution is -2.01. The molecule has 0 atom stereocenters. The number of benzene rings is 1. The number of aromatic nitrogens is 4. The van der Waals surface area contributed by atoms with Gasteiger partial charge in [-0.1, -0.05) is 28.1 Å². The minimum Gasteiger partial charge on any atom is -0.366 e. The lowest BCUT2D eigenvalue weighted by Gasteiger charge is -2.06. The SMILES string of the molecule is Nc1n[nH]c(-c2ccnc(NCc3ccc(Br)cc3)c2)n1. The fourth-order valence-electron chi connectivity index (χ4n) is 1.87. The van der Waals surface area contributed by atoms with Crippen molar-refractivity contribution in [2.24, 2.45) is 0 Å². The standard InChI is InChI=1S/C14H13BrN6/c15-11-3-1-9(2-4-11)8-18-12-7-10(5-6-17-12)13-19-14(16)21-20-13/h1-7H,8H2,(H,17,18)(H3,16,19,20,21). The highest BCUT2D eigenvalue weighted by atomic mass is 79.9.